The van der Waals surface area contributed by atoms with Gasteiger partial charge in [0.25, 0.3) is 0 Å². The predicted octanol–water partition coefficient (Wildman–Crippen LogP) is 3.14. The molecule has 0 fully saturated rings. The van der Waals surface area contributed by atoms with Gasteiger partial charge in [0.15, 0.2) is 12.1 Å². The number of nitrogens with one attached hydrogen (secondary N) is 1. The van der Waals surface area contributed by atoms with Crippen LogP contribution in [0.1, 0.15) is 10.4 Å². The molecule has 0 saturated carbocycles. The van der Waals surface area contributed by atoms with Crippen molar-refractivity contribution in [2.24, 2.45) is 0 Å². The molecule has 2 aromatic carbocycles. The lowest BCUT2D eigenvalue weighted by Crippen LogP contribution is -1.90. The molecule has 1 heterocycles. The largest absolute Gasteiger partial charge is 0.382 e. The molecule has 3 N–H and O–H groups in total. The molecule has 0 atom stereocenters. The first-order valence-corrected chi connectivity index (χ1v) is 6.24. The molecule has 20 heavy (non-hydrogen) atoms. The number of nitrogens with zero attached hydrogens (tertiary/aromatic N) is 1. The van der Waals surface area contributed by atoms with Gasteiger partial charge in [-0.1, -0.05) is 54.6 Å². The number of aromatic amines is 1. The fourth-order valence-corrected chi connectivity index (χ4v) is 2.16. The summed E-state index contributed by atoms with van der Waals surface area (Å²) in [4.78, 5) is 11.0. The molecule has 0 saturated heterocycles. The van der Waals surface area contributed by atoms with Gasteiger partial charge >= 0.3 is 0 Å². The summed E-state index contributed by atoms with van der Waals surface area (Å²) in [6.07, 6.45) is 0.722. The smallest absolute Gasteiger partial charge is 0.156 e. The Bertz CT molecular complexity index is 730. The Kier molecular flexibility index (Phi) is 3.05. The number of hydrogen-bond donors (Lipinski definition) is 2. The molecule has 98 valence electrons. The summed E-state index contributed by atoms with van der Waals surface area (Å²) >= 11 is 0. The van der Waals surface area contributed by atoms with Gasteiger partial charge in [0.2, 0.25) is 0 Å². The molecule has 0 radical (unpaired) electrons. The van der Waals surface area contributed by atoms with Gasteiger partial charge in [-0.25, -0.2) is 0 Å². The van der Waals surface area contributed by atoms with Crippen LogP contribution in [0.4, 0.5) is 5.82 Å². The molecule has 0 amide bonds. The van der Waals surface area contributed by atoms with Crippen LogP contribution in [0.2, 0.25) is 0 Å². The highest BCUT2D eigenvalue weighted by Crippen LogP contribution is 2.26. The summed E-state index contributed by atoms with van der Waals surface area (Å²) in [6.45, 7) is 0. The van der Waals surface area contributed by atoms with E-state index in [4.69, 9.17) is 5.73 Å². The van der Waals surface area contributed by atoms with Gasteiger partial charge in [-0.2, -0.15) is 5.10 Å². The van der Waals surface area contributed by atoms with Crippen molar-refractivity contribution in [1.29, 1.82) is 0 Å². The quantitative estimate of drug-likeness (QED) is 0.713. The number of nitrogens with two attached hydrogens (primary N) is 1. The van der Waals surface area contributed by atoms with Crippen molar-refractivity contribution in [1.82, 2.24) is 10.2 Å². The van der Waals surface area contributed by atoms with Crippen LogP contribution in [-0.4, -0.2) is 16.5 Å². The Morgan fingerprint density at radius 1 is 0.900 bits per heavy atom. The normalized spacial score (nSPS) is 10.4. The molecule has 4 heteroatoms. The van der Waals surface area contributed by atoms with E-state index in [2.05, 4.69) is 22.3 Å². The Labute approximate surface area is 116 Å². The first-order chi connectivity index (χ1) is 9.79. The van der Waals surface area contributed by atoms with Crippen molar-refractivity contribution < 1.29 is 4.79 Å². The van der Waals surface area contributed by atoms with Crippen LogP contribution in [0.3, 0.4) is 0 Å². The third-order valence-corrected chi connectivity index (χ3v) is 3.23. The zero-order chi connectivity index (χ0) is 13.9. The average molecular weight is 263 g/mol. The van der Waals surface area contributed by atoms with E-state index in [1.54, 1.807) is 0 Å². The SMILES string of the molecule is Nc1n[nH]c(-c2ccc(-c3ccccc3)cc2)c1C=O. The van der Waals surface area contributed by atoms with Crippen LogP contribution in [0.25, 0.3) is 22.4 Å². The summed E-state index contributed by atoms with van der Waals surface area (Å²) in [5.74, 6) is 0.224. The van der Waals surface area contributed by atoms with E-state index in [9.17, 15) is 4.79 Å². The zero-order valence-corrected chi connectivity index (χ0v) is 10.7. The van der Waals surface area contributed by atoms with Gasteiger partial charge in [-0.3, -0.25) is 9.89 Å². The Hall–Kier alpha value is -2.88. The van der Waals surface area contributed by atoms with E-state index in [0.717, 1.165) is 23.0 Å². The molecule has 0 aliphatic rings. The summed E-state index contributed by atoms with van der Waals surface area (Å²) in [6, 6.07) is 18.0. The molecular weight excluding hydrogens is 250 g/mol. The topological polar surface area (TPSA) is 71.8 Å². The number of benzene rings is 2. The van der Waals surface area contributed by atoms with Crippen molar-refractivity contribution in [2.45, 2.75) is 0 Å². The molecule has 1 aromatic heterocycles. The third-order valence-electron chi connectivity index (χ3n) is 3.23. The summed E-state index contributed by atoms with van der Waals surface area (Å²) < 4.78 is 0. The molecule has 0 bridgehead atoms. The molecule has 0 spiro atoms. The van der Waals surface area contributed by atoms with Crippen molar-refractivity contribution in [3.05, 3.63) is 60.2 Å². The molecular formula is C16H13N3O. The molecule has 3 rings (SSSR count). The fourth-order valence-electron chi connectivity index (χ4n) is 2.16. The second-order valence-electron chi connectivity index (χ2n) is 4.46. The summed E-state index contributed by atoms with van der Waals surface area (Å²) in [7, 11) is 0. The Balaban J connectivity index is 1.99. The van der Waals surface area contributed by atoms with Crippen molar-refractivity contribution >= 4 is 12.1 Å². The number of aromatic nitrogens is 2. The lowest BCUT2D eigenvalue weighted by atomic mass is 10.0. The van der Waals surface area contributed by atoms with E-state index >= 15 is 0 Å². The lowest BCUT2D eigenvalue weighted by molar-refractivity contribution is 0.112. The highest BCUT2D eigenvalue weighted by atomic mass is 16.1. The minimum atomic E-state index is 0.224. The molecule has 0 aliphatic heterocycles. The Morgan fingerprint density at radius 3 is 2.15 bits per heavy atom. The van der Waals surface area contributed by atoms with Gasteiger partial charge < -0.3 is 5.73 Å². The lowest BCUT2D eigenvalue weighted by Gasteiger charge is -2.03. The minimum Gasteiger partial charge on any atom is -0.382 e. The van der Waals surface area contributed by atoms with Gasteiger partial charge in [0, 0.05) is 5.56 Å². The van der Waals surface area contributed by atoms with E-state index in [1.807, 2.05) is 42.5 Å². The summed E-state index contributed by atoms with van der Waals surface area (Å²) in [5, 5.41) is 6.66. The number of hydrogen-bond acceptors (Lipinski definition) is 3. The van der Waals surface area contributed by atoms with Gasteiger partial charge in [-0.05, 0) is 11.1 Å². The van der Waals surface area contributed by atoms with Gasteiger partial charge in [0.1, 0.15) is 0 Å². The first kappa shape index (κ1) is 12.2. The number of carbonyl (C=O) groups is 1. The van der Waals surface area contributed by atoms with E-state index in [1.165, 1.54) is 0 Å². The predicted molar refractivity (Wildman–Crippen MR) is 79.3 cm³/mol. The van der Waals surface area contributed by atoms with Crippen molar-refractivity contribution in [3.63, 3.8) is 0 Å². The number of carbonyl (C=O) groups excluding carboxylic acids is 1. The zero-order valence-electron chi connectivity index (χ0n) is 10.7. The van der Waals surface area contributed by atoms with E-state index in [-0.39, 0.29) is 5.82 Å². The van der Waals surface area contributed by atoms with Gasteiger partial charge in [0.05, 0.1) is 11.3 Å². The standard InChI is InChI=1S/C16H13N3O/c17-16-14(10-20)15(18-19-16)13-8-6-12(7-9-13)11-4-2-1-3-5-11/h1-10H,(H3,17,18,19). The van der Waals surface area contributed by atoms with Crippen LogP contribution >= 0.6 is 0 Å². The molecule has 0 unspecified atom stereocenters. The summed E-state index contributed by atoms with van der Waals surface area (Å²) in [5.41, 5.74) is 9.84. The van der Waals surface area contributed by atoms with Crippen LogP contribution in [0.5, 0.6) is 0 Å². The van der Waals surface area contributed by atoms with Crippen LogP contribution in [0, 0.1) is 0 Å². The Morgan fingerprint density at radius 2 is 1.50 bits per heavy atom. The molecule has 4 nitrogen and oxygen atoms in total. The van der Waals surface area contributed by atoms with Crippen LogP contribution < -0.4 is 5.73 Å². The number of aldehydes is 1. The van der Waals surface area contributed by atoms with Crippen molar-refractivity contribution in [3.8, 4) is 22.4 Å². The second-order valence-corrected chi connectivity index (χ2v) is 4.46. The highest BCUT2D eigenvalue weighted by molar-refractivity contribution is 5.91. The van der Waals surface area contributed by atoms with Crippen molar-refractivity contribution in [2.75, 3.05) is 5.73 Å². The van der Waals surface area contributed by atoms with Crippen LogP contribution in [0.15, 0.2) is 54.6 Å². The average Bonchev–Trinajstić information content (AvgIpc) is 2.89. The second kappa shape index (κ2) is 5.01. The molecule has 3 aromatic rings. The van der Waals surface area contributed by atoms with E-state index < -0.39 is 0 Å². The van der Waals surface area contributed by atoms with Crippen LogP contribution in [-0.2, 0) is 0 Å². The third kappa shape index (κ3) is 2.07. The first-order valence-electron chi connectivity index (χ1n) is 6.24. The highest BCUT2D eigenvalue weighted by Gasteiger charge is 2.11. The maximum Gasteiger partial charge on any atom is 0.156 e. The maximum atomic E-state index is 11.0. The van der Waals surface area contributed by atoms with Gasteiger partial charge in [-0.15, -0.1) is 0 Å². The number of nitrogen functional groups attached to an aromatic ring is 1. The fraction of sp³-hybridized carbons (Fsp3) is 0. The minimum absolute atomic E-state index is 0.224. The maximum absolute atomic E-state index is 11.0. The monoisotopic (exact) mass is 263 g/mol. The number of H-pyrrole nitrogens is 1. The number of rotatable bonds is 3. The van der Waals surface area contributed by atoms with E-state index in [0.29, 0.717) is 11.3 Å². The number of anilines is 1. The molecule has 0 aliphatic carbocycles.